The van der Waals surface area contributed by atoms with Crippen molar-refractivity contribution >= 4 is 41.2 Å². The van der Waals surface area contributed by atoms with Crippen LogP contribution in [0.3, 0.4) is 0 Å². The van der Waals surface area contributed by atoms with Crippen LogP contribution < -0.4 is 0 Å². The number of methoxy groups -OCH3 is 1. The van der Waals surface area contributed by atoms with Gasteiger partial charge in [0.1, 0.15) is 0 Å². The molecule has 26 heavy (non-hydrogen) atoms. The number of ether oxygens (including phenoxy) is 2. The number of carbonyl (C=O) groups is 2. The van der Waals surface area contributed by atoms with E-state index in [1.165, 1.54) is 7.11 Å². The number of benzene rings is 1. The van der Waals surface area contributed by atoms with E-state index in [0.29, 0.717) is 34.5 Å². The first-order valence-corrected chi connectivity index (χ1v) is 9.08. The van der Waals surface area contributed by atoms with Gasteiger partial charge in [-0.1, -0.05) is 35.3 Å². The minimum Gasteiger partial charge on any atom is -0.465 e. The van der Waals surface area contributed by atoms with E-state index in [1.54, 1.807) is 36.1 Å². The average Bonchev–Trinajstić information content (AvgIpc) is 3.21. The monoisotopic (exact) mass is 395 g/mol. The molecule has 0 spiro atoms. The lowest BCUT2D eigenvalue weighted by atomic mass is 10.0. The number of carbonyl (C=O) groups excluding carboxylic acids is 2. The van der Waals surface area contributed by atoms with Crippen molar-refractivity contribution in [3.63, 3.8) is 0 Å². The Morgan fingerprint density at radius 2 is 2.19 bits per heavy atom. The molecule has 2 aliphatic rings. The van der Waals surface area contributed by atoms with Gasteiger partial charge in [-0.15, -0.1) is 0 Å². The first kappa shape index (κ1) is 19.0. The molecule has 1 aromatic rings. The Morgan fingerprint density at radius 3 is 2.85 bits per heavy atom. The van der Waals surface area contributed by atoms with E-state index in [0.717, 1.165) is 12.8 Å². The van der Waals surface area contributed by atoms with E-state index in [2.05, 4.69) is 0 Å². The fourth-order valence-electron chi connectivity index (χ4n) is 3.23. The van der Waals surface area contributed by atoms with Crippen LogP contribution in [-0.2, 0) is 19.1 Å². The first-order valence-electron chi connectivity index (χ1n) is 8.32. The highest BCUT2D eigenvalue weighted by molar-refractivity contribution is 6.43. The van der Waals surface area contributed by atoms with Crippen molar-refractivity contribution < 1.29 is 19.1 Å². The third kappa shape index (κ3) is 3.52. The summed E-state index contributed by atoms with van der Waals surface area (Å²) < 4.78 is 10.5. The number of allylic oxidation sites excluding steroid dienone is 1. The van der Waals surface area contributed by atoms with Gasteiger partial charge in [-0.25, -0.2) is 4.79 Å². The smallest absolute Gasteiger partial charge is 0.340 e. The summed E-state index contributed by atoms with van der Waals surface area (Å²) in [6.07, 6.45) is 3.42. The topological polar surface area (TPSA) is 55.8 Å². The molecule has 1 fully saturated rings. The molecule has 0 N–H and O–H groups in total. The van der Waals surface area contributed by atoms with Gasteiger partial charge in [-0.2, -0.15) is 0 Å². The lowest BCUT2D eigenvalue weighted by molar-refractivity contribution is -0.136. The molecule has 7 heteroatoms. The quantitative estimate of drug-likeness (QED) is 0.573. The molecule has 1 saturated heterocycles. The Bertz CT molecular complexity index is 810. The SMILES string of the molecule is COC(=O)C1=C(C)N(C[C@H]2CCCO2)C(=O)/C1=C\c1cccc(Cl)c1Cl. The van der Waals surface area contributed by atoms with Crippen molar-refractivity contribution in [3.8, 4) is 0 Å². The largest absolute Gasteiger partial charge is 0.465 e. The summed E-state index contributed by atoms with van der Waals surface area (Å²) in [6, 6.07) is 5.13. The highest BCUT2D eigenvalue weighted by Gasteiger charge is 2.38. The Labute approximate surface area is 162 Å². The van der Waals surface area contributed by atoms with Crippen molar-refractivity contribution in [1.29, 1.82) is 0 Å². The van der Waals surface area contributed by atoms with Crippen molar-refractivity contribution in [2.24, 2.45) is 0 Å². The van der Waals surface area contributed by atoms with Crippen LogP contribution in [0.4, 0.5) is 0 Å². The van der Waals surface area contributed by atoms with Crippen molar-refractivity contribution in [1.82, 2.24) is 4.90 Å². The molecular formula is C19H19Cl2NO4. The molecule has 0 aliphatic carbocycles. The highest BCUT2D eigenvalue weighted by atomic mass is 35.5. The van der Waals surface area contributed by atoms with Gasteiger partial charge in [0.05, 0.1) is 40.9 Å². The number of hydrogen-bond donors (Lipinski definition) is 0. The summed E-state index contributed by atoms with van der Waals surface area (Å²) in [6.45, 7) is 2.84. The molecule has 0 saturated carbocycles. The Balaban J connectivity index is 2.02. The maximum atomic E-state index is 13.0. The molecule has 0 unspecified atom stereocenters. The van der Waals surface area contributed by atoms with E-state index in [9.17, 15) is 9.59 Å². The summed E-state index contributed by atoms with van der Waals surface area (Å²) in [4.78, 5) is 26.9. The summed E-state index contributed by atoms with van der Waals surface area (Å²) in [7, 11) is 1.29. The van der Waals surface area contributed by atoms with Crippen LogP contribution in [0.25, 0.3) is 6.08 Å². The number of esters is 1. The third-order valence-corrected chi connectivity index (χ3v) is 5.43. The first-order chi connectivity index (χ1) is 12.4. The molecule has 1 amide bonds. The van der Waals surface area contributed by atoms with Gasteiger partial charge in [-0.05, 0) is 37.5 Å². The number of hydrogen-bond acceptors (Lipinski definition) is 4. The lowest BCUT2D eigenvalue weighted by Crippen LogP contribution is -2.33. The molecule has 0 aromatic heterocycles. The van der Waals surface area contributed by atoms with Crippen LogP contribution in [0.15, 0.2) is 35.0 Å². The zero-order chi connectivity index (χ0) is 18.8. The van der Waals surface area contributed by atoms with Crippen molar-refractivity contribution in [2.45, 2.75) is 25.9 Å². The molecule has 1 aromatic carbocycles. The number of amides is 1. The van der Waals surface area contributed by atoms with Crippen LogP contribution in [0.5, 0.6) is 0 Å². The molecule has 5 nitrogen and oxygen atoms in total. The Morgan fingerprint density at radius 1 is 1.42 bits per heavy atom. The molecule has 2 heterocycles. The number of rotatable bonds is 4. The Hall–Kier alpha value is -1.82. The minimum absolute atomic E-state index is 0.0260. The van der Waals surface area contributed by atoms with Gasteiger partial charge in [0.15, 0.2) is 0 Å². The summed E-state index contributed by atoms with van der Waals surface area (Å²) in [5.41, 5.74) is 1.61. The average molecular weight is 396 g/mol. The summed E-state index contributed by atoms with van der Waals surface area (Å²) >= 11 is 12.3. The zero-order valence-corrected chi connectivity index (χ0v) is 16.1. The van der Waals surface area contributed by atoms with Crippen LogP contribution in [0.1, 0.15) is 25.3 Å². The molecule has 3 rings (SSSR count). The van der Waals surface area contributed by atoms with Gasteiger partial charge in [-0.3, -0.25) is 4.79 Å². The maximum absolute atomic E-state index is 13.0. The van der Waals surface area contributed by atoms with Crippen molar-refractivity contribution in [2.75, 3.05) is 20.3 Å². The van der Waals surface area contributed by atoms with Crippen LogP contribution >= 0.6 is 23.2 Å². The normalized spacial score (nSPS) is 21.8. The van der Waals surface area contributed by atoms with Gasteiger partial charge >= 0.3 is 5.97 Å². The number of nitrogens with zero attached hydrogens (tertiary/aromatic N) is 1. The fraction of sp³-hybridized carbons (Fsp3) is 0.368. The summed E-state index contributed by atoms with van der Waals surface area (Å²) in [5.74, 6) is -0.829. The van der Waals surface area contributed by atoms with E-state index in [4.69, 9.17) is 32.7 Å². The predicted octanol–water partition coefficient (Wildman–Crippen LogP) is 3.85. The highest BCUT2D eigenvalue weighted by Crippen LogP contribution is 2.35. The van der Waals surface area contributed by atoms with Crippen molar-refractivity contribution in [3.05, 3.63) is 50.7 Å². The van der Waals surface area contributed by atoms with Gasteiger partial charge in [0.25, 0.3) is 5.91 Å². The second-order valence-electron chi connectivity index (χ2n) is 6.20. The third-order valence-electron chi connectivity index (χ3n) is 4.59. The molecule has 1 atom stereocenters. The molecule has 138 valence electrons. The molecular weight excluding hydrogens is 377 g/mol. The predicted molar refractivity (Wildman–Crippen MR) is 99.8 cm³/mol. The summed E-state index contributed by atoms with van der Waals surface area (Å²) in [5, 5.41) is 0.705. The van der Waals surface area contributed by atoms with Crippen LogP contribution in [0, 0.1) is 0 Å². The van der Waals surface area contributed by atoms with E-state index in [-0.39, 0.29) is 23.2 Å². The maximum Gasteiger partial charge on any atom is 0.340 e. The number of halogens is 2. The van der Waals surface area contributed by atoms with Crippen LogP contribution in [0.2, 0.25) is 10.0 Å². The molecule has 0 radical (unpaired) electrons. The molecule has 0 bridgehead atoms. The van der Waals surface area contributed by atoms with Gasteiger partial charge < -0.3 is 14.4 Å². The Kier molecular flexibility index (Phi) is 5.70. The van der Waals surface area contributed by atoms with E-state index >= 15 is 0 Å². The lowest BCUT2D eigenvalue weighted by Gasteiger charge is -2.21. The van der Waals surface area contributed by atoms with Gasteiger partial charge in [0.2, 0.25) is 0 Å². The standard InChI is InChI=1S/C19H19Cl2NO4/c1-11-16(19(24)25-2)14(9-12-5-3-7-15(20)17(12)21)18(23)22(11)10-13-6-4-8-26-13/h3,5,7,9,13H,4,6,8,10H2,1-2H3/b14-9-/t13-/m1/s1. The van der Waals surface area contributed by atoms with Crippen LogP contribution in [-0.4, -0.2) is 43.1 Å². The van der Waals surface area contributed by atoms with E-state index in [1.807, 2.05) is 0 Å². The second kappa shape index (κ2) is 7.82. The van der Waals surface area contributed by atoms with E-state index < -0.39 is 5.97 Å². The fourth-order valence-corrected chi connectivity index (χ4v) is 3.59. The minimum atomic E-state index is -0.560. The molecule has 2 aliphatic heterocycles. The second-order valence-corrected chi connectivity index (χ2v) is 6.99. The van der Waals surface area contributed by atoms with Gasteiger partial charge in [0, 0.05) is 12.3 Å². The zero-order valence-electron chi connectivity index (χ0n) is 14.6.